The molecule has 166 valence electrons. The van der Waals surface area contributed by atoms with Crippen LogP contribution in [0.2, 0.25) is 0 Å². The van der Waals surface area contributed by atoms with Crippen LogP contribution in [0, 0.1) is 23.2 Å². The molecular weight excluding hydrogens is 409 g/mol. The molecule has 2 aromatic heterocycles. The molecule has 4 aliphatic carbocycles. The summed E-state index contributed by atoms with van der Waals surface area (Å²) >= 11 is 0. The number of nitrogens with zero attached hydrogens (tertiary/aromatic N) is 2. The monoisotopic (exact) mass is 434 g/mol. The van der Waals surface area contributed by atoms with E-state index in [0.717, 1.165) is 17.8 Å². The summed E-state index contributed by atoms with van der Waals surface area (Å²) in [6.45, 7) is -0.790. The standard InChI is InChI=1S/C22H25F3N4O2/c23-22(24,25)12-27-20(31)17-7-18-16(2-1-3-29(18)28-17)19(30)26-11-21-8-13-4-14(9-21)6-15(5-13)10-21/h1-3,7,13-15H,4-6,8-12H2,(H,26,30)(H,27,31). The second-order valence-corrected chi connectivity index (χ2v) is 9.68. The van der Waals surface area contributed by atoms with Gasteiger partial charge in [0.2, 0.25) is 0 Å². The molecule has 0 saturated heterocycles. The highest BCUT2D eigenvalue weighted by Crippen LogP contribution is 2.59. The molecule has 0 unspecified atom stereocenters. The van der Waals surface area contributed by atoms with E-state index in [0.29, 0.717) is 17.6 Å². The van der Waals surface area contributed by atoms with Crippen LogP contribution in [0.15, 0.2) is 24.4 Å². The largest absolute Gasteiger partial charge is 0.405 e. The van der Waals surface area contributed by atoms with Gasteiger partial charge < -0.3 is 10.6 Å². The van der Waals surface area contributed by atoms with Crippen molar-refractivity contribution in [2.24, 2.45) is 23.2 Å². The van der Waals surface area contributed by atoms with Gasteiger partial charge in [-0.25, -0.2) is 4.52 Å². The van der Waals surface area contributed by atoms with Crippen molar-refractivity contribution in [2.45, 2.75) is 44.7 Å². The number of halogens is 3. The molecular formula is C22H25F3N4O2. The normalized spacial score (nSPS) is 29.3. The van der Waals surface area contributed by atoms with E-state index < -0.39 is 18.6 Å². The summed E-state index contributed by atoms with van der Waals surface area (Å²) in [6.07, 6.45) is 4.60. The van der Waals surface area contributed by atoms with Crippen LogP contribution in [-0.4, -0.2) is 40.7 Å². The van der Waals surface area contributed by atoms with Crippen LogP contribution >= 0.6 is 0 Å². The highest BCUT2D eigenvalue weighted by atomic mass is 19.4. The van der Waals surface area contributed by atoms with E-state index in [2.05, 4.69) is 10.4 Å². The minimum Gasteiger partial charge on any atom is -0.351 e. The first kappa shape index (κ1) is 20.3. The first-order chi connectivity index (χ1) is 14.7. The zero-order valence-electron chi connectivity index (χ0n) is 17.0. The zero-order valence-corrected chi connectivity index (χ0v) is 17.0. The number of amides is 2. The van der Waals surface area contributed by atoms with Crippen molar-refractivity contribution in [3.8, 4) is 0 Å². The summed E-state index contributed by atoms with van der Waals surface area (Å²) in [7, 11) is 0. The van der Waals surface area contributed by atoms with Gasteiger partial charge >= 0.3 is 6.18 Å². The summed E-state index contributed by atoms with van der Waals surface area (Å²) in [6, 6.07) is 4.63. The molecule has 2 N–H and O–H groups in total. The second kappa shape index (κ2) is 7.24. The molecule has 0 aliphatic heterocycles. The molecule has 4 saturated carbocycles. The fourth-order valence-corrected chi connectivity index (χ4v) is 6.46. The van der Waals surface area contributed by atoms with Crippen molar-refractivity contribution in [3.05, 3.63) is 35.7 Å². The summed E-state index contributed by atoms with van der Waals surface area (Å²) in [5, 5.41) is 8.94. The number of rotatable bonds is 5. The Morgan fingerprint density at radius 1 is 1.06 bits per heavy atom. The first-order valence-electron chi connectivity index (χ1n) is 10.8. The summed E-state index contributed by atoms with van der Waals surface area (Å²) in [5.41, 5.74) is 0.779. The lowest BCUT2D eigenvalue weighted by Gasteiger charge is -2.56. The molecule has 0 spiro atoms. The van der Waals surface area contributed by atoms with E-state index in [-0.39, 0.29) is 17.0 Å². The smallest absolute Gasteiger partial charge is 0.351 e. The fraction of sp³-hybridized carbons (Fsp3) is 0.591. The minimum absolute atomic E-state index is 0.161. The lowest BCUT2D eigenvalue weighted by molar-refractivity contribution is -0.123. The summed E-state index contributed by atoms with van der Waals surface area (Å²) < 4.78 is 38.4. The van der Waals surface area contributed by atoms with Gasteiger partial charge in [0.15, 0.2) is 5.69 Å². The number of alkyl halides is 3. The van der Waals surface area contributed by atoms with Gasteiger partial charge in [0.05, 0.1) is 11.1 Å². The zero-order chi connectivity index (χ0) is 21.8. The van der Waals surface area contributed by atoms with Crippen LogP contribution in [0.3, 0.4) is 0 Å². The number of pyridine rings is 1. The Kier molecular flexibility index (Phi) is 4.75. The number of nitrogens with one attached hydrogen (secondary N) is 2. The van der Waals surface area contributed by atoms with E-state index >= 15 is 0 Å². The quantitative estimate of drug-likeness (QED) is 0.756. The maximum atomic E-state index is 13.0. The van der Waals surface area contributed by atoms with E-state index in [1.807, 2.05) is 5.32 Å². The van der Waals surface area contributed by atoms with Gasteiger partial charge in [-0.05, 0) is 79.9 Å². The third-order valence-electron chi connectivity index (χ3n) is 7.22. The van der Waals surface area contributed by atoms with E-state index in [1.54, 1.807) is 18.3 Å². The van der Waals surface area contributed by atoms with Crippen LogP contribution in [0.25, 0.3) is 5.52 Å². The molecule has 2 heterocycles. The molecule has 2 amide bonds. The summed E-state index contributed by atoms with van der Waals surface area (Å²) in [5.74, 6) is 1.20. The molecule has 0 radical (unpaired) electrons. The predicted molar refractivity (Wildman–Crippen MR) is 107 cm³/mol. The van der Waals surface area contributed by atoms with Gasteiger partial charge in [-0.15, -0.1) is 0 Å². The van der Waals surface area contributed by atoms with Crippen LogP contribution < -0.4 is 10.6 Å². The van der Waals surface area contributed by atoms with Crippen molar-refractivity contribution < 1.29 is 22.8 Å². The molecule has 9 heteroatoms. The molecule has 6 rings (SSSR count). The minimum atomic E-state index is -4.50. The maximum Gasteiger partial charge on any atom is 0.405 e. The average molecular weight is 434 g/mol. The predicted octanol–water partition coefficient (Wildman–Crippen LogP) is 3.57. The first-order valence-corrected chi connectivity index (χ1v) is 10.8. The van der Waals surface area contributed by atoms with Gasteiger partial charge in [0.1, 0.15) is 6.54 Å². The van der Waals surface area contributed by atoms with Crippen LogP contribution in [0.1, 0.15) is 59.4 Å². The van der Waals surface area contributed by atoms with E-state index in [9.17, 15) is 22.8 Å². The SMILES string of the molecule is O=C(NCC(F)(F)F)c1cc2c(C(=O)NCC34CC5CC(CC(C5)C3)C4)cccn2n1. The van der Waals surface area contributed by atoms with Gasteiger partial charge in [-0.2, -0.15) is 18.3 Å². The van der Waals surface area contributed by atoms with Crippen molar-refractivity contribution >= 4 is 17.3 Å². The summed E-state index contributed by atoms with van der Waals surface area (Å²) in [4.78, 5) is 25.0. The van der Waals surface area contributed by atoms with Gasteiger partial charge in [0.25, 0.3) is 11.8 Å². The molecule has 4 fully saturated rings. The fourth-order valence-electron chi connectivity index (χ4n) is 6.46. The van der Waals surface area contributed by atoms with Crippen LogP contribution in [0.5, 0.6) is 0 Å². The van der Waals surface area contributed by atoms with Crippen molar-refractivity contribution in [2.75, 3.05) is 13.1 Å². The lowest BCUT2D eigenvalue weighted by Crippen LogP contribution is -2.51. The Morgan fingerprint density at radius 2 is 1.71 bits per heavy atom. The Balaban J connectivity index is 1.30. The number of aromatic nitrogens is 2. The number of fused-ring (bicyclic) bond motifs is 1. The second-order valence-electron chi connectivity index (χ2n) is 9.68. The molecule has 2 aromatic rings. The molecule has 0 atom stereocenters. The van der Waals surface area contributed by atoms with Gasteiger partial charge in [0, 0.05) is 12.7 Å². The number of carbonyl (C=O) groups excluding carboxylic acids is 2. The van der Waals surface area contributed by atoms with E-state index in [1.165, 1.54) is 49.1 Å². The Hall–Kier alpha value is -2.58. The highest BCUT2D eigenvalue weighted by Gasteiger charge is 2.50. The van der Waals surface area contributed by atoms with Crippen molar-refractivity contribution in [3.63, 3.8) is 0 Å². The highest BCUT2D eigenvalue weighted by molar-refractivity contribution is 6.02. The Morgan fingerprint density at radius 3 is 2.32 bits per heavy atom. The van der Waals surface area contributed by atoms with Gasteiger partial charge in [-0.3, -0.25) is 9.59 Å². The lowest BCUT2D eigenvalue weighted by atomic mass is 9.49. The topological polar surface area (TPSA) is 75.5 Å². The van der Waals surface area contributed by atoms with Gasteiger partial charge in [-0.1, -0.05) is 0 Å². The van der Waals surface area contributed by atoms with Crippen molar-refractivity contribution in [1.82, 2.24) is 20.2 Å². The third kappa shape index (κ3) is 4.02. The molecule has 31 heavy (non-hydrogen) atoms. The molecule has 4 bridgehead atoms. The number of carbonyl (C=O) groups is 2. The van der Waals surface area contributed by atoms with Crippen molar-refractivity contribution in [1.29, 1.82) is 0 Å². The number of hydrogen-bond acceptors (Lipinski definition) is 3. The van der Waals surface area contributed by atoms with Crippen LogP contribution in [0.4, 0.5) is 13.2 Å². The molecule has 4 aliphatic rings. The molecule has 0 aromatic carbocycles. The van der Waals surface area contributed by atoms with Crippen LogP contribution in [-0.2, 0) is 0 Å². The molecule has 6 nitrogen and oxygen atoms in total. The average Bonchev–Trinajstić information content (AvgIpc) is 3.13. The Bertz CT molecular complexity index is 994. The Labute approximate surface area is 177 Å². The third-order valence-corrected chi connectivity index (χ3v) is 7.22. The van der Waals surface area contributed by atoms with E-state index in [4.69, 9.17) is 0 Å². The number of hydrogen-bond donors (Lipinski definition) is 2. The maximum absolute atomic E-state index is 13.0.